The van der Waals surface area contributed by atoms with Gasteiger partial charge < -0.3 is 4.74 Å². The smallest absolute Gasteiger partial charge is 0.137 e. The molecule has 1 aliphatic rings. The topological polar surface area (TPSA) is 26.3 Å². The lowest BCUT2D eigenvalue weighted by Crippen LogP contribution is -2.13. The van der Waals surface area contributed by atoms with Crippen molar-refractivity contribution in [2.24, 2.45) is 0 Å². The number of carbonyl (C=O) groups excluding carboxylic acids is 1. The Labute approximate surface area is 100 Å². The van der Waals surface area contributed by atoms with E-state index in [4.69, 9.17) is 4.74 Å². The van der Waals surface area contributed by atoms with Crippen LogP contribution in [0.4, 0.5) is 0 Å². The summed E-state index contributed by atoms with van der Waals surface area (Å²) in [6, 6.07) is 10.3. The second kappa shape index (κ2) is 3.88. The standard InChI is InChI=1S/C15H14O2/c1-17-13-5-7-15-11(9-13)3-2-10-8-12(16)4-6-14(10)15/h2-3,5,7,9H,4,6,8H2,1H3. The van der Waals surface area contributed by atoms with Crippen LogP contribution in [0, 0.1) is 0 Å². The first kappa shape index (κ1) is 10.3. The van der Waals surface area contributed by atoms with Gasteiger partial charge in [-0.1, -0.05) is 18.2 Å². The lowest BCUT2D eigenvalue weighted by Gasteiger charge is -2.17. The number of carbonyl (C=O) groups is 1. The predicted octanol–water partition coefficient (Wildman–Crippen LogP) is 2.91. The van der Waals surface area contributed by atoms with E-state index in [1.165, 1.54) is 21.9 Å². The van der Waals surface area contributed by atoms with E-state index in [1.807, 2.05) is 12.1 Å². The summed E-state index contributed by atoms with van der Waals surface area (Å²) in [5.74, 6) is 1.23. The molecule has 0 fully saturated rings. The number of ketones is 1. The fourth-order valence-electron chi connectivity index (χ4n) is 2.57. The van der Waals surface area contributed by atoms with Crippen molar-refractivity contribution in [1.29, 1.82) is 0 Å². The number of methoxy groups -OCH3 is 1. The van der Waals surface area contributed by atoms with Gasteiger partial charge in [0.05, 0.1) is 7.11 Å². The Bertz CT molecular complexity index is 599. The summed E-state index contributed by atoms with van der Waals surface area (Å²) in [5.41, 5.74) is 2.53. The largest absolute Gasteiger partial charge is 0.497 e. The second-order valence-electron chi connectivity index (χ2n) is 4.51. The number of Topliss-reactive ketones (excluding diaryl/α,β-unsaturated/α-hetero) is 1. The van der Waals surface area contributed by atoms with Crippen molar-refractivity contribution in [3.05, 3.63) is 41.5 Å². The number of rotatable bonds is 1. The van der Waals surface area contributed by atoms with E-state index in [2.05, 4.69) is 18.2 Å². The molecular weight excluding hydrogens is 212 g/mol. The molecule has 0 saturated heterocycles. The summed E-state index contributed by atoms with van der Waals surface area (Å²) < 4.78 is 5.23. The number of aryl methyl sites for hydroxylation is 1. The van der Waals surface area contributed by atoms with Crippen molar-refractivity contribution in [3.8, 4) is 5.75 Å². The highest BCUT2D eigenvalue weighted by Gasteiger charge is 2.17. The molecule has 2 aromatic carbocycles. The van der Waals surface area contributed by atoms with E-state index in [1.54, 1.807) is 7.11 Å². The van der Waals surface area contributed by atoms with Gasteiger partial charge in [0.2, 0.25) is 0 Å². The molecule has 0 bridgehead atoms. The summed E-state index contributed by atoms with van der Waals surface area (Å²) in [4.78, 5) is 11.4. The van der Waals surface area contributed by atoms with E-state index >= 15 is 0 Å². The molecule has 2 aromatic rings. The Hall–Kier alpha value is -1.83. The minimum absolute atomic E-state index is 0.352. The third-order valence-corrected chi connectivity index (χ3v) is 3.48. The molecule has 0 unspecified atom stereocenters. The van der Waals surface area contributed by atoms with E-state index in [9.17, 15) is 4.79 Å². The van der Waals surface area contributed by atoms with Crippen molar-refractivity contribution in [2.75, 3.05) is 7.11 Å². The number of hydrogen-bond donors (Lipinski definition) is 0. The molecule has 0 radical (unpaired) electrons. The van der Waals surface area contributed by atoms with E-state index in [0.717, 1.165) is 12.2 Å². The molecule has 86 valence electrons. The Kier molecular flexibility index (Phi) is 2.36. The minimum Gasteiger partial charge on any atom is -0.497 e. The van der Waals surface area contributed by atoms with Crippen LogP contribution in [0.25, 0.3) is 10.8 Å². The van der Waals surface area contributed by atoms with Gasteiger partial charge >= 0.3 is 0 Å². The van der Waals surface area contributed by atoms with Gasteiger partial charge in [-0.15, -0.1) is 0 Å². The molecule has 2 nitrogen and oxygen atoms in total. The highest BCUT2D eigenvalue weighted by Crippen LogP contribution is 2.30. The number of ether oxygens (including phenoxy) is 1. The van der Waals surface area contributed by atoms with Gasteiger partial charge in [-0.25, -0.2) is 0 Å². The lowest BCUT2D eigenvalue weighted by molar-refractivity contribution is -0.118. The first-order chi connectivity index (χ1) is 8.28. The fourth-order valence-corrected chi connectivity index (χ4v) is 2.57. The monoisotopic (exact) mass is 226 g/mol. The normalized spacial score (nSPS) is 14.8. The van der Waals surface area contributed by atoms with Gasteiger partial charge in [0.25, 0.3) is 0 Å². The van der Waals surface area contributed by atoms with Gasteiger partial charge in [0.1, 0.15) is 11.5 Å². The Morgan fingerprint density at radius 3 is 2.82 bits per heavy atom. The molecule has 0 aromatic heterocycles. The quantitative estimate of drug-likeness (QED) is 0.747. The third-order valence-electron chi connectivity index (χ3n) is 3.48. The molecule has 0 aliphatic heterocycles. The van der Waals surface area contributed by atoms with Crippen LogP contribution in [0.2, 0.25) is 0 Å². The molecule has 0 amide bonds. The van der Waals surface area contributed by atoms with Crippen LogP contribution in [0.1, 0.15) is 17.5 Å². The van der Waals surface area contributed by atoms with Gasteiger partial charge in [-0.2, -0.15) is 0 Å². The molecular formula is C15H14O2. The number of fused-ring (bicyclic) bond motifs is 3. The molecule has 0 atom stereocenters. The fraction of sp³-hybridized carbons (Fsp3) is 0.267. The summed E-state index contributed by atoms with van der Waals surface area (Å²) in [7, 11) is 1.68. The first-order valence-corrected chi connectivity index (χ1v) is 5.88. The molecule has 0 saturated carbocycles. The van der Waals surface area contributed by atoms with Gasteiger partial charge in [0.15, 0.2) is 0 Å². The van der Waals surface area contributed by atoms with Crippen molar-refractivity contribution >= 4 is 16.6 Å². The third kappa shape index (κ3) is 1.70. The summed E-state index contributed by atoms with van der Waals surface area (Å²) >= 11 is 0. The SMILES string of the molecule is COc1ccc2c3c(ccc2c1)CC(=O)CC3. The number of benzene rings is 2. The first-order valence-electron chi connectivity index (χ1n) is 5.88. The average Bonchev–Trinajstić information content (AvgIpc) is 2.37. The predicted molar refractivity (Wildman–Crippen MR) is 67.5 cm³/mol. The maximum atomic E-state index is 11.4. The molecule has 0 spiro atoms. The van der Waals surface area contributed by atoms with Gasteiger partial charge in [0, 0.05) is 12.8 Å². The summed E-state index contributed by atoms with van der Waals surface area (Å²) in [5, 5.41) is 2.45. The molecule has 17 heavy (non-hydrogen) atoms. The van der Waals surface area contributed by atoms with Crippen LogP contribution in [-0.4, -0.2) is 12.9 Å². The molecule has 2 heteroatoms. The van der Waals surface area contributed by atoms with E-state index in [-0.39, 0.29) is 0 Å². The average molecular weight is 226 g/mol. The highest BCUT2D eigenvalue weighted by molar-refractivity contribution is 5.92. The van der Waals surface area contributed by atoms with Crippen LogP contribution >= 0.6 is 0 Å². The van der Waals surface area contributed by atoms with Crippen LogP contribution in [0.15, 0.2) is 30.3 Å². The summed E-state index contributed by atoms with van der Waals surface area (Å²) in [6.45, 7) is 0. The van der Waals surface area contributed by atoms with Crippen LogP contribution in [0.5, 0.6) is 5.75 Å². The number of hydrogen-bond acceptors (Lipinski definition) is 2. The van der Waals surface area contributed by atoms with Crippen molar-refractivity contribution in [1.82, 2.24) is 0 Å². The Balaban J connectivity index is 2.21. The maximum absolute atomic E-state index is 11.4. The Morgan fingerprint density at radius 1 is 1.12 bits per heavy atom. The molecule has 0 N–H and O–H groups in total. The Morgan fingerprint density at radius 2 is 2.00 bits per heavy atom. The maximum Gasteiger partial charge on any atom is 0.137 e. The van der Waals surface area contributed by atoms with Crippen molar-refractivity contribution < 1.29 is 9.53 Å². The van der Waals surface area contributed by atoms with Crippen LogP contribution < -0.4 is 4.74 Å². The van der Waals surface area contributed by atoms with Crippen LogP contribution in [-0.2, 0) is 17.6 Å². The van der Waals surface area contributed by atoms with Gasteiger partial charge in [-0.3, -0.25) is 4.79 Å². The molecule has 1 aliphatic carbocycles. The minimum atomic E-state index is 0.352. The highest BCUT2D eigenvalue weighted by atomic mass is 16.5. The van der Waals surface area contributed by atoms with Crippen molar-refractivity contribution in [2.45, 2.75) is 19.3 Å². The zero-order valence-corrected chi connectivity index (χ0v) is 9.82. The zero-order valence-electron chi connectivity index (χ0n) is 9.82. The second-order valence-corrected chi connectivity index (χ2v) is 4.51. The van der Waals surface area contributed by atoms with Crippen LogP contribution in [0.3, 0.4) is 0 Å². The van der Waals surface area contributed by atoms with E-state index < -0.39 is 0 Å². The van der Waals surface area contributed by atoms with E-state index in [0.29, 0.717) is 18.6 Å². The van der Waals surface area contributed by atoms with Crippen molar-refractivity contribution in [3.63, 3.8) is 0 Å². The zero-order chi connectivity index (χ0) is 11.8. The molecule has 3 rings (SSSR count). The summed E-state index contributed by atoms with van der Waals surface area (Å²) in [6.07, 6.45) is 2.15. The van der Waals surface area contributed by atoms with Gasteiger partial charge in [-0.05, 0) is 40.5 Å². The lowest BCUT2D eigenvalue weighted by atomic mass is 9.87. The molecule has 0 heterocycles.